The number of ether oxygens (including phenoxy) is 2. The summed E-state index contributed by atoms with van der Waals surface area (Å²) in [5.41, 5.74) is -0.0706. The van der Waals surface area contributed by atoms with Crippen LogP contribution in [-0.4, -0.2) is 52.0 Å². The van der Waals surface area contributed by atoms with Crippen molar-refractivity contribution in [1.29, 1.82) is 0 Å². The lowest BCUT2D eigenvalue weighted by molar-refractivity contribution is 0.0108. The average molecular weight is 285 g/mol. The second kappa shape index (κ2) is 7.35. The van der Waals surface area contributed by atoms with Crippen molar-refractivity contribution in [3.8, 4) is 0 Å². The molecule has 20 heavy (non-hydrogen) atoms. The summed E-state index contributed by atoms with van der Waals surface area (Å²) in [5, 5.41) is 18.1. The largest absolute Gasteiger partial charge is 0.458 e. The molecule has 0 unspecified atom stereocenters. The molecular formula is C13H23N3O4. The molecule has 0 saturated carbocycles. The summed E-state index contributed by atoms with van der Waals surface area (Å²) in [4.78, 5) is 11.8. The molecule has 0 aromatic carbocycles. The van der Waals surface area contributed by atoms with E-state index in [4.69, 9.17) is 9.47 Å². The first-order valence-electron chi connectivity index (χ1n) is 6.76. The van der Waals surface area contributed by atoms with Crippen molar-refractivity contribution in [2.24, 2.45) is 0 Å². The number of carbonyl (C=O) groups excluding carboxylic acids is 1. The SMILES string of the molecule is CCC(O)(CC)Cn1nnc(C(=O)OCCOC)c1C. The summed E-state index contributed by atoms with van der Waals surface area (Å²) >= 11 is 0. The third-order valence-electron chi connectivity index (χ3n) is 3.46. The first-order chi connectivity index (χ1) is 9.47. The summed E-state index contributed by atoms with van der Waals surface area (Å²) in [7, 11) is 1.53. The highest BCUT2D eigenvalue weighted by Crippen LogP contribution is 2.18. The number of esters is 1. The molecule has 1 aromatic rings. The van der Waals surface area contributed by atoms with Crippen LogP contribution >= 0.6 is 0 Å². The Balaban J connectivity index is 2.76. The number of rotatable bonds is 8. The van der Waals surface area contributed by atoms with Gasteiger partial charge in [0.2, 0.25) is 0 Å². The van der Waals surface area contributed by atoms with Crippen LogP contribution in [0.15, 0.2) is 0 Å². The number of aromatic nitrogens is 3. The number of methoxy groups -OCH3 is 1. The Hall–Kier alpha value is -1.47. The lowest BCUT2D eigenvalue weighted by Crippen LogP contribution is -2.33. The fourth-order valence-corrected chi connectivity index (χ4v) is 1.74. The molecule has 0 spiro atoms. The number of carbonyl (C=O) groups is 1. The van der Waals surface area contributed by atoms with E-state index in [0.717, 1.165) is 0 Å². The van der Waals surface area contributed by atoms with Crippen LogP contribution in [-0.2, 0) is 16.0 Å². The minimum absolute atomic E-state index is 0.176. The Bertz CT molecular complexity index is 441. The molecule has 114 valence electrons. The van der Waals surface area contributed by atoms with Gasteiger partial charge in [-0.3, -0.25) is 0 Å². The topological polar surface area (TPSA) is 86.5 Å². The van der Waals surface area contributed by atoms with Gasteiger partial charge in [-0.1, -0.05) is 19.1 Å². The van der Waals surface area contributed by atoms with E-state index in [0.29, 0.717) is 31.7 Å². The summed E-state index contributed by atoms with van der Waals surface area (Å²) in [6.45, 7) is 6.38. The predicted octanol–water partition coefficient (Wildman–Crippen LogP) is 0.941. The summed E-state index contributed by atoms with van der Waals surface area (Å²) < 4.78 is 11.4. The molecule has 0 aliphatic rings. The van der Waals surface area contributed by atoms with Crippen LogP contribution in [0.3, 0.4) is 0 Å². The molecule has 0 amide bonds. The summed E-state index contributed by atoms with van der Waals surface area (Å²) in [5.74, 6) is -0.526. The molecule has 0 atom stereocenters. The lowest BCUT2D eigenvalue weighted by Gasteiger charge is -2.25. The number of aliphatic hydroxyl groups is 1. The highest BCUT2D eigenvalue weighted by Gasteiger charge is 2.26. The van der Waals surface area contributed by atoms with Crippen LogP contribution in [0.1, 0.15) is 42.9 Å². The Morgan fingerprint density at radius 2 is 2.00 bits per heavy atom. The van der Waals surface area contributed by atoms with Gasteiger partial charge < -0.3 is 14.6 Å². The Morgan fingerprint density at radius 1 is 1.35 bits per heavy atom. The van der Waals surface area contributed by atoms with E-state index in [1.807, 2.05) is 13.8 Å². The quantitative estimate of drug-likeness (QED) is 0.565. The normalized spacial score (nSPS) is 11.7. The van der Waals surface area contributed by atoms with Crippen molar-refractivity contribution in [2.75, 3.05) is 20.3 Å². The molecule has 1 rings (SSSR count). The molecule has 0 aliphatic carbocycles. The van der Waals surface area contributed by atoms with Gasteiger partial charge >= 0.3 is 5.97 Å². The van der Waals surface area contributed by atoms with Crippen molar-refractivity contribution in [1.82, 2.24) is 15.0 Å². The molecule has 7 heteroatoms. The zero-order valence-electron chi connectivity index (χ0n) is 12.5. The molecule has 0 fully saturated rings. The zero-order valence-corrected chi connectivity index (χ0v) is 12.5. The zero-order chi connectivity index (χ0) is 15.2. The van der Waals surface area contributed by atoms with E-state index in [2.05, 4.69) is 10.3 Å². The van der Waals surface area contributed by atoms with Crippen molar-refractivity contribution in [3.63, 3.8) is 0 Å². The maximum Gasteiger partial charge on any atom is 0.360 e. The van der Waals surface area contributed by atoms with Gasteiger partial charge in [0.25, 0.3) is 0 Å². The highest BCUT2D eigenvalue weighted by molar-refractivity contribution is 5.88. The van der Waals surface area contributed by atoms with E-state index >= 15 is 0 Å². The van der Waals surface area contributed by atoms with E-state index in [-0.39, 0.29) is 12.3 Å². The second-order valence-electron chi connectivity index (χ2n) is 4.74. The van der Waals surface area contributed by atoms with Crippen LogP contribution in [0.4, 0.5) is 0 Å². The van der Waals surface area contributed by atoms with Gasteiger partial charge in [0, 0.05) is 7.11 Å². The molecular weight excluding hydrogens is 262 g/mol. The van der Waals surface area contributed by atoms with Crippen LogP contribution in [0.25, 0.3) is 0 Å². The van der Waals surface area contributed by atoms with Gasteiger partial charge in [-0.25, -0.2) is 9.48 Å². The maximum atomic E-state index is 11.8. The standard InChI is InChI=1S/C13H23N3O4/c1-5-13(18,6-2)9-16-10(3)11(14-15-16)12(17)20-8-7-19-4/h18H,5-9H2,1-4H3. The number of hydrogen-bond donors (Lipinski definition) is 1. The number of hydrogen-bond acceptors (Lipinski definition) is 6. The minimum atomic E-state index is -0.838. The monoisotopic (exact) mass is 285 g/mol. The fraction of sp³-hybridized carbons (Fsp3) is 0.769. The molecule has 0 saturated heterocycles. The van der Waals surface area contributed by atoms with E-state index < -0.39 is 11.6 Å². The Kier molecular flexibility index (Phi) is 6.09. The van der Waals surface area contributed by atoms with Crippen molar-refractivity contribution >= 4 is 5.97 Å². The Morgan fingerprint density at radius 3 is 2.55 bits per heavy atom. The summed E-state index contributed by atoms with van der Waals surface area (Å²) in [6.07, 6.45) is 1.22. The molecule has 1 heterocycles. The highest BCUT2D eigenvalue weighted by atomic mass is 16.6. The van der Waals surface area contributed by atoms with Gasteiger partial charge in [0.1, 0.15) is 6.61 Å². The summed E-state index contributed by atoms with van der Waals surface area (Å²) in [6, 6.07) is 0. The fourth-order valence-electron chi connectivity index (χ4n) is 1.74. The smallest absolute Gasteiger partial charge is 0.360 e. The average Bonchev–Trinajstić information content (AvgIpc) is 2.80. The van der Waals surface area contributed by atoms with Crippen molar-refractivity contribution in [3.05, 3.63) is 11.4 Å². The van der Waals surface area contributed by atoms with Crippen LogP contribution in [0.2, 0.25) is 0 Å². The van der Waals surface area contributed by atoms with Crippen molar-refractivity contribution < 1.29 is 19.4 Å². The molecule has 0 bridgehead atoms. The molecule has 7 nitrogen and oxygen atoms in total. The van der Waals surface area contributed by atoms with E-state index in [9.17, 15) is 9.90 Å². The van der Waals surface area contributed by atoms with Crippen LogP contribution in [0.5, 0.6) is 0 Å². The Labute approximate surface area is 118 Å². The van der Waals surface area contributed by atoms with Gasteiger partial charge in [0.15, 0.2) is 5.69 Å². The van der Waals surface area contributed by atoms with Crippen LogP contribution < -0.4 is 0 Å². The van der Waals surface area contributed by atoms with Gasteiger partial charge in [-0.15, -0.1) is 5.10 Å². The lowest BCUT2D eigenvalue weighted by atomic mass is 9.97. The van der Waals surface area contributed by atoms with Gasteiger partial charge in [0.05, 0.1) is 24.4 Å². The van der Waals surface area contributed by atoms with Gasteiger partial charge in [-0.2, -0.15) is 0 Å². The molecule has 1 N–H and O–H groups in total. The van der Waals surface area contributed by atoms with Gasteiger partial charge in [-0.05, 0) is 19.8 Å². The van der Waals surface area contributed by atoms with Crippen molar-refractivity contribution in [2.45, 2.75) is 45.8 Å². The number of nitrogens with zero attached hydrogens (tertiary/aromatic N) is 3. The third-order valence-corrected chi connectivity index (χ3v) is 3.46. The first kappa shape index (κ1) is 16.6. The molecule has 1 aromatic heterocycles. The van der Waals surface area contributed by atoms with Crippen LogP contribution in [0, 0.1) is 6.92 Å². The van der Waals surface area contributed by atoms with E-state index in [1.54, 1.807) is 11.6 Å². The maximum absolute atomic E-state index is 11.8. The minimum Gasteiger partial charge on any atom is -0.458 e. The van der Waals surface area contributed by atoms with E-state index in [1.165, 1.54) is 7.11 Å². The third kappa shape index (κ3) is 4.01. The molecule has 0 aliphatic heterocycles. The molecule has 0 radical (unpaired) electrons. The second-order valence-corrected chi connectivity index (χ2v) is 4.74. The predicted molar refractivity (Wildman–Crippen MR) is 72.4 cm³/mol. The first-order valence-corrected chi connectivity index (χ1v) is 6.76.